The minimum atomic E-state index is -4.50. The van der Waals surface area contributed by atoms with Gasteiger partial charge in [-0.25, -0.2) is 9.97 Å². The molecule has 8 heteroatoms. The molecule has 1 aliphatic rings. The largest absolute Gasteiger partial charge is 0.433 e. The van der Waals surface area contributed by atoms with Crippen molar-refractivity contribution in [3.05, 3.63) is 23.3 Å². The van der Waals surface area contributed by atoms with Gasteiger partial charge in [0, 0.05) is 25.3 Å². The van der Waals surface area contributed by atoms with Crippen molar-refractivity contribution >= 4 is 5.91 Å². The molecule has 1 aromatic heterocycles. The van der Waals surface area contributed by atoms with E-state index in [1.165, 1.54) is 6.92 Å². The number of nitrogens with one attached hydrogen (secondary N) is 1. The van der Waals surface area contributed by atoms with Crippen molar-refractivity contribution in [1.82, 2.24) is 15.3 Å². The van der Waals surface area contributed by atoms with Crippen LogP contribution in [-0.4, -0.2) is 35.1 Å². The number of nitrogens with zero attached hydrogens (tertiary/aromatic N) is 2. The van der Waals surface area contributed by atoms with Crippen molar-refractivity contribution in [2.24, 2.45) is 0 Å². The quantitative estimate of drug-likeness (QED) is 0.918. The summed E-state index contributed by atoms with van der Waals surface area (Å²) >= 11 is 0. The van der Waals surface area contributed by atoms with E-state index in [1.807, 2.05) is 0 Å². The molecule has 21 heavy (non-hydrogen) atoms. The molecule has 0 unspecified atom stereocenters. The number of ether oxygens (including phenoxy) is 1. The highest BCUT2D eigenvalue weighted by Gasteiger charge is 2.33. The van der Waals surface area contributed by atoms with Gasteiger partial charge in [-0.05, 0) is 25.8 Å². The van der Waals surface area contributed by atoms with Crippen LogP contribution in [0.3, 0.4) is 0 Å². The molecule has 1 saturated heterocycles. The van der Waals surface area contributed by atoms with E-state index in [2.05, 4.69) is 15.3 Å². The molecule has 1 aromatic rings. The van der Waals surface area contributed by atoms with E-state index in [0.29, 0.717) is 13.0 Å². The van der Waals surface area contributed by atoms with Crippen LogP contribution < -0.4 is 5.32 Å². The van der Waals surface area contributed by atoms with Gasteiger partial charge in [-0.2, -0.15) is 13.2 Å². The van der Waals surface area contributed by atoms with Crippen LogP contribution in [0.4, 0.5) is 13.2 Å². The van der Waals surface area contributed by atoms with Gasteiger partial charge < -0.3 is 10.1 Å². The lowest BCUT2D eigenvalue weighted by molar-refractivity contribution is -0.141. The molecule has 1 atom stereocenters. The SMILES string of the molecule is Cc1cc(C(F)(F)F)nc(CCNC(=O)[C@H]2CCCO2)n1. The van der Waals surface area contributed by atoms with Crippen molar-refractivity contribution < 1.29 is 22.7 Å². The molecule has 1 fully saturated rings. The fourth-order valence-corrected chi connectivity index (χ4v) is 2.08. The standard InChI is InChI=1S/C13H16F3N3O2/c1-8-7-10(13(14,15)16)19-11(18-8)4-5-17-12(20)9-3-2-6-21-9/h7,9H,2-6H2,1H3,(H,17,20)/t9-/m1/s1. The van der Waals surface area contributed by atoms with Gasteiger partial charge >= 0.3 is 6.18 Å². The van der Waals surface area contributed by atoms with Crippen LogP contribution in [0.2, 0.25) is 0 Å². The number of hydrogen-bond donors (Lipinski definition) is 1. The molecular formula is C13H16F3N3O2. The number of rotatable bonds is 4. The van der Waals surface area contributed by atoms with Crippen molar-refractivity contribution in [3.8, 4) is 0 Å². The second kappa shape index (κ2) is 6.38. The molecule has 0 spiro atoms. The summed E-state index contributed by atoms with van der Waals surface area (Å²) in [6.07, 6.45) is -3.29. The molecule has 0 aromatic carbocycles. The Morgan fingerprint density at radius 2 is 2.24 bits per heavy atom. The molecule has 1 aliphatic heterocycles. The maximum absolute atomic E-state index is 12.6. The number of hydrogen-bond acceptors (Lipinski definition) is 4. The van der Waals surface area contributed by atoms with Crippen LogP contribution >= 0.6 is 0 Å². The van der Waals surface area contributed by atoms with Crippen LogP contribution in [0.25, 0.3) is 0 Å². The second-order valence-corrected chi connectivity index (χ2v) is 4.85. The molecule has 0 aliphatic carbocycles. The molecule has 1 amide bonds. The smallest absolute Gasteiger partial charge is 0.368 e. The van der Waals surface area contributed by atoms with Gasteiger partial charge in [-0.1, -0.05) is 0 Å². The maximum Gasteiger partial charge on any atom is 0.433 e. The zero-order chi connectivity index (χ0) is 15.5. The Bertz CT molecular complexity index is 514. The Balaban J connectivity index is 1.91. The highest BCUT2D eigenvalue weighted by atomic mass is 19.4. The van der Waals surface area contributed by atoms with Crippen molar-refractivity contribution in [2.75, 3.05) is 13.2 Å². The maximum atomic E-state index is 12.6. The fraction of sp³-hybridized carbons (Fsp3) is 0.615. The molecule has 116 valence electrons. The van der Waals surface area contributed by atoms with E-state index in [0.717, 1.165) is 12.5 Å². The first-order valence-electron chi connectivity index (χ1n) is 6.67. The third-order valence-electron chi connectivity index (χ3n) is 3.06. The van der Waals surface area contributed by atoms with Gasteiger partial charge in [-0.3, -0.25) is 4.79 Å². The average molecular weight is 303 g/mol. The first-order valence-corrected chi connectivity index (χ1v) is 6.67. The predicted molar refractivity (Wildman–Crippen MR) is 67.5 cm³/mol. The second-order valence-electron chi connectivity index (χ2n) is 4.85. The number of aryl methyl sites for hydroxylation is 1. The number of aromatic nitrogens is 2. The van der Waals surface area contributed by atoms with E-state index >= 15 is 0 Å². The van der Waals surface area contributed by atoms with Crippen molar-refractivity contribution in [3.63, 3.8) is 0 Å². The molecule has 0 radical (unpaired) electrons. The van der Waals surface area contributed by atoms with Gasteiger partial charge in [0.25, 0.3) is 0 Å². The molecular weight excluding hydrogens is 287 g/mol. The third-order valence-corrected chi connectivity index (χ3v) is 3.06. The Hall–Kier alpha value is -1.70. The average Bonchev–Trinajstić information content (AvgIpc) is 2.90. The van der Waals surface area contributed by atoms with Crippen LogP contribution in [0, 0.1) is 6.92 Å². The lowest BCUT2D eigenvalue weighted by atomic mass is 10.2. The van der Waals surface area contributed by atoms with Gasteiger partial charge in [-0.15, -0.1) is 0 Å². The topological polar surface area (TPSA) is 64.1 Å². The van der Waals surface area contributed by atoms with E-state index in [9.17, 15) is 18.0 Å². The Morgan fingerprint density at radius 1 is 1.48 bits per heavy atom. The van der Waals surface area contributed by atoms with E-state index in [-0.39, 0.29) is 30.4 Å². The highest BCUT2D eigenvalue weighted by molar-refractivity contribution is 5.80. The molecule has 2 rings (SSSR count). The lowest BCUT2D eigenvalue weighted by Crippen LogP contribution is -2.35. The lowest BCUT2D eigenvalue weighted by Gasteiger charge is -2.11. The molecule has 2 heterocycles. The zero-order valence-electron chi connectivity index (χ0n) is 11.5. The van der Waals surface area contributed by atoms with Crippen LogP contribution in [0.5, 0.6) is 0 Å². The molecule has 5 nitrogen and oxygen atoms in total. The van der Waals surface area contributed by atoms with Gasteiger partial charge in [0.05, 0.1) is 0 Å². The summed E-state index contributed by atoms with van der Waals surface area (Å²) in [6, 6.07) is 0.897. The predicted octanol–water partition coefficient (Wildman–Crippen LogP) is 1.64. The summed E-state index contributed by atoms with van der Waals surface area (Å²) in [5, 5.41) is 2.63. The van der Waals surface area contributed by atoms with Crippen LogP contribution in [0.1, 0.15) is 30.1 Å². The van der Waals surface area contributed by atoms with E-state index in [1.54, 1.807) is 0 Å². The van der Waals surface area contributed by atoms with E-state index < -0.39 is 18.0 Å². The van der Waals surface area contributed by atoms with Crippen LogP contribution in [0.15, 0.2) is 6.07 Å². The van der Waals surface area contributed by atoms with Gasteiger partial charge in [0.2, 0.25) is 5.91 Å². The number of alkyl halides is 3. The van der Waals surface area contributed by atoms with Gasteiger partial charge in [0.1, 0.15) is 17.6 Å². The Labute approximate surface area is 119 Å². The Kier molecular flexibility index (Phi) is 4.76. The number of carbonyl (C=O) groups excluding carboxylic acids is 1. The summed E-state index contributed by atoms with van der Waals surface area (Å²) in [7, 11) is 0. The number of halogens is 3. The summed E-state index contributed by atoms with van der Waals surface area (Å²) in [5.74, 6) is -0.175. The summed E-state index contributed by atoms with van der Waals surface area (Å²) in [5.41, 5.74) is -0.715. The first kappa shape index (κ1) is 15.7. The van der Waals surface area contributed by atoms with E-state index in [4.69, 9.17) is 4.74 Å². The monoisotopic (exact) mass is 303 g/mol. The summed E-state index contributed by atoms with van der Waals surface area (Å²) < 4.78 is 43.1. The molecule has 0 bridgehead atoms. The number of carbonyl (C=O) groups is 1. The van der Waals surface area contributed by atoms with Gasteiger partial charge in [0.15, 0.2) is 0 Å². The summed E-state index contributed by atoms with van der Waals surface area (Å²) in [4.78, 5) is 19.1. The van der Waals surface area contributed by atoms with Crippen molar-refractivity contribution in [2.45, 2.75) is 38.5 Å². The molecule has 1 N–H and O–H groups in total. The first-order chi connectivity index (χ1) is 9.86. The number of amides is 1. The van der Waals surface area contributed by atoms with Crippen molar-refractivity contribution in [1.29, 1.82) is 0 Å². The minimum absolute atomic E-state index is 0.0648. The molecule has 0 saturated carbocycles. The fourth-order valence-electron chi connectivity index (χ4n) is 2.08. The third kappa shape index (κ3) is 4.38. The normalized spacial score (nSPS) is 18.8. The van der Waals surface area contributed by atoms with Crippen LogP contribution in [-0.2, 0) is 22.1 Å². The summed E-state index contributed by atoms with van der Waals surface area (Å²) in [6.45, 7) is 2.22. The Morgan fingerprint density at radius 3 is 2.86 bits per heavy atom. The highest BCUT2D eigenvalue weighted by Crippen LogP contribution is 2.27. The zero-order valence-corrected chi connectivity index (χ0v) is 11.5. The minimum Gasteiger partial charge on any atom is -0.368 e.